The average molecular weight is 511 g/mol. The van der Waals surface area contributed by atoms with Crippen molar-refractivity contribution in [3.05, 3.63) is 81.5 Å². The van der Waals surface area contributed by atoms with Crippen LogP contribution in [0.25, 0.3) is 10.2 Å². The van der Waals surface area contributed by atoms with Gasteiger partial charge in [-0.2, -0.15) is 0 Å². The second-order valence-corrected chi connectivity index (χ2v) is 9.55. The predicted molar refractivity (Wildman–Crippen MR) is 132 cm³/mol. The Kier molecular flexibility index (Phi) is 6.00. The number of aliphatic hydroxyl groups excluding tert-OH is 1. The summed E-state index contributed by atoms with van der Waals surface area (Å²) in [7, 11) is 1.49. The fourth-order valence-electron chi connectivity index (χ4n) is 4.01. The number of carbonyl (C=O) groups excluding carboxylic acids is 2. The molecule has 3 heterocycles. The predicted octanol–water partition coefficient (Wildman–Crippen LogP) is 5.69. The number of carbonyl (C=O) groups is 2. The van der Waals surface area contributed by atoms with Gasteiger partial charge in [-0.1, -0.05) is 23.5 Å². The maximum atomic E-state index is 13.8. The Morgan fingerprint density at radius 2 is 2.03 bits per heavy atom. The van der Waals surface area contributed by atoms with Crippen LogP contribution in [0, 0.1) is 5.82 Å². The molecule has 10 heteroatoms. The number of amides is 1. The number of thiophene rings is 1. The summed E-state index contributed by atoms with van der Waals surface area (Å²) in [5.41, 5.74) is 0.960. The number of hydrogen-bond donors (Lipinski definition) is 1. The number of nitrogens with zero attached hydrogens (tertiary/aromatic N) is 2. The molecule has 0 radical (unpaired) electrons. The van der Waals surface area contributed by atoms with Gasteiger partial charge in [-0.25, -0.2) is 9.37 Å². The van der Waals surface area contributed by atoms with Crippen molar-refractivity contribution < 1.29 is 28.6 Å². The van der Waals surface area contributed by atoms with Gasteiger partial charge in [0, 0.05) is 0 Å². The molecule has 0 aliphatic carbocycles. The molecule has 35 heavy (non-hydrogen) atoms. The number of ketones is 1. The highest BCUT2D eigenvalue weighted by Gasteiger charge is 2.46. The van der Waals surface area contributed by atoms with E-state index in [1.54, 1.807) is 35.7 Å². The molecule has 7 nitrogen and oxygen atoms in total. The van der Waals surface area contributed by atoms with Crippen molar-refractivity contribution in [3.8, 4) is 11.5 Å². The molecule has 1 N–H and O–H groups in total. The van der Waals surface area contributed by atoms with Crippen molar-refractivity contribution in [2.75, 3.05) is 18.6 Å². The van der Waals surface area contributed by atoms with Gasteiger partial charge in [-0.15, -0.1) is 11.3 Å². The minimum Gasteiger partial charge on any atom is -0.503 e. The first kappa shape index (κ1) is 23.0. The number of benzene rings is 2. The van der Waals surface area contributed by atoms with Crippen LogP contribution in [0.5, 0.6) is 11.5 Å². The summed E-state index contributed by atoms with van der Waals surface area (Å²) in [5, 5.41) is 12.9. The van der Waals surface area contributed by atoms with Crippen LogP contribution in [0.2, 0.25) is 0 Å². The summed E-state index contributed by atoms with van der Waals surface area (Å²) >= 11 is 2.31. The molecule has 0 saturated heterocycles. The monoisotopic (exact) mass is 510 g/mol. The third-order valence-electron chi connectivity index (χ3n) is 5.55. The number of methoxy groups -OCH3 is 1. The molecule has 1 unspecified atom stereocenters. The van der Waals surface area contributed by atoms with E-state index >= 15 is 0 Å². The minimum atomic E-state index is -0.980. The van der Waals surface area contributed by atoms with E-state index in [2.05, 4.69) is 4.98 Å². The lowest BCUT2D eigenvalue weighted by Crippen LogP contribution is -2.31. The lowest BCUT2D eigenvalue weighted by molar-refractivity contribution is -0.117. The number of Topliss-reactive ketones (excluding diaryl/α,β-unsaturated/α-hetero) is 1. The molecule has 1 aliphatic rings. The molecule has 5 rings (SSSR count). The zero-order valence-corrected chi connectivity index (χ0v) is 20.3. The number of ether oxygens (including phenoxy) is 2. The van der Waals surface area contributed by atoms with Gasteiger partial charge in [0.05, 0.1) is 40.4 Å². The summed E-state index contributed by atoms with van der Waals surface area (Å²) in [5.74, 6) is -1.38. The normalized spacial score (nSPS) is 15.8. The van der Waals surface area contributed by atoms with Crippen molar-refractivity contribution in [2.45, 2.75) is 13.0 Å². The molecule has 0 spiro atoms. The Labute approximate surface area is 207 Å². The number of hydrogen-bond acceptors (Lipinski definition) is 8. The number of aliphatic hydroxyl groups is 1. The van der Waals surface area contributed by atoms with E-state index in [1.165, 1.54) is 41.5 Å². The van der Waals surface area contributed by atoms with Gasteiger partial charge in [0.2, 0.25) is 5.78 Å². The smallest absolute Gasteiger partial charge is 0.296 e. The topological polar surface area (TPSA) is 89.0 Å². The van der Waals surface area contributed by atoms with Crippen molar-refractivity contribution in [3.63, 3.8) is 0 Å². The Bertz CT molecular complexity index is 1480. The van der Waals surface area contributed by atoms with Gasteiger partial charge in [0.1, 0.15) is 5.82 Å². The van der Waals surface area contributed by atoms with Gasteiger partial charge >= 0.3 is 0 Å². The summed E-state index contributed by atoms with van der Waals surface area (Å²) in [6.07, 6.45) is 0. The Morgan fingerprint density at radius 3 is 2.74 bits per heavy atom. The molecule has 0 saturated carbocycles. The van der Waals surface area contributed by atoms with Crippen LogP contribution < -0.4 is 14.4 Å². The van der Waals surface area contributed by atoms with E-state index in [0.717, 1.165) is 11.3 Å². The maximum Gasteiger partial charge on any atom is 0.296 e. The highest BCUT2D eigenvalue weighted by atomic mass is 32.1. The van der Waals surface area contributed by atoms with Gasteiger partial charge in [0.15, 0.2) is 22.4 Å². The van der Waals surface area contributed by atoms with Crippen LogP contribution in [0.4, 0.5) is 9.52 Å². The zero-order valence-electron chi connectivity index (χ0n) is 18.6. The van der Waals surface area contributed by atoms with Crippen molar-refractivity contribution in [1.82, 2.24) is 4.98 Å². The summed E-state index contributed by atoms with van der Waals surface area (Å²) in [6.45, 7) is 2.27. The van der Waals surface area contributed by atoms with E-state index in [0.29, 0.717) is 38.8 Å². The van der Waals surface area contributed by atoms with Crippen LogP contribution in [-0.4, -0.2) is 35.5 Å². The Balaban J connectivity index is 1.69. The van der Waals surface area contributed by atoms with E-state index in [1.807, 2.05) is 6.92 Å². The van der Waals surface area contributed by atoms with E-state index in [-0.39, 0.29) is 10.7 Å². The third-order valence-corrected chi connectivity index (χ3v) is 7.43. The fraction of sp³-hybridized carbons (Fsp3) is 0.160. The molecule has 0 bridgehead atoms. The molecular weight excluding hydrogens is 491 g/mol. The van der Waals surface area contributed by atoms with Crippen LogP contribution >= 0.6 is 22.7 Å². The number of halogens is 1. The first-order valence-corrected chi connectivity index (χ1v) is 12.3. The average Bonchev–Trinajstić information content (AvgIpc) is 3.58. The largest absolute Gasteiger partial charge is 0.503 e. The SMILES string of the molecule is CCOc1ccc(C2C(C(=O)c3cccs3)=C(O)C(=O)N2c2nc3ccc(F)cc3s2)cc1OC. The molecule has 1 aliphatic heterocycles. The second kappa shape index (κ2) is 9.12. The lowest BCUT2D eigenvalue weighted by Gasteiger charge is -2.25. The number of anilines is 1. The third kappa shape index (κ3) is 3.94. The standard InChI is InChI=1S/C25H19FN2O5S2/c1-3-33-16-9-6-13(11-17(16)32-2)21-20(22(29)18-5-4-10-34-18)23(30)24(31)28(21)25-27-15-8-7-14(26)12-19(15)35-25/h4-12,21,30H,3H2,1-2H3. The molecule has 2 aromatic heterocycles. The first-order valence-electron chi connectivity index (χ1n) is 10.6. The maximum absolute atomic E-state index is 13.8. The van der Waals surface area contributed by atoms with Crippen molar-refractivity contribution in [1.29, 1.82) is 0 Å². The summed E-state index contributed by atoms with van der Waals surface area (Å²) in [4.78, 5) is 33.0. The number of fused-ring (bicyclic) bond motifs is 1. The Hall–Kier alpha value is -3.76. The van der Waals surface area contributed by atoms with Gasteiger partial charge in [-0.3, -0.25) is 14.5 Å². The summed E-state index contributed by atoms with van der Waals surface area (Å²) in [6, 6.07) is 11.6. The highest BCUT2D eigenvalue weighted by molar-refractivity contribution is 7.22. The molecule has 2 aromatic carbocycles. The van der Waals surface area contributed by atoms with E-state index < -0.39 is 29.3 Å². The minimum absolute atomic E-state index is 0.0610. The summed E-state index contributed by atoms with van der Waals surface area (Å²) < 4.78 is 25.4. The van der Waals surface area contributed by atoms with Crippen LogP contribution in [0.3, 0.4) is 0 Å². The number of aromatic nitrogens is 1. The molecule has 1 atom stereocenters. The molecular formula is C25H19FN2O5S2. The van der Waals surface area contributed by atoms with Crippen molar-refractivity contribution in [2.24, 2.45) is 0 Å². The van der Waals surface area contributed by atoms with E-state index in [4.69, 9.17) is 9.47 Å². The lowest BCUT2D eigenvalue weighted by atomic mass is 9.95. The fourth-order valence-corrected chi connectivity index (χ4v) is 5.70. The molecule has 4 aromatic rings. The first-order chi connectivity index (χ1) is 16.9. The molecule has 178 valence electrons. The quantitative estimate of drug-likeness (QED) is 0.322. The van der Waals surface area contributed by atoms with Crippen molar-refractivity contribution >= 4 is 49.7 Å². The second-order valence-electron chi connectivity index (χ2n) is 7.60. The molecule has 0 fully saturated rings. The van der Waals surface area contributed by atoms with Crippen LogP contribution in [-0.2, 0) is 4.79 Å². The van der Waals surface area contributed by atoms with Gasteiger partial charge in [0.25, 0.3) is 5.91 Å². The van der Waals surface area contributed by atoms with E-state index in [9.17, 15) is 19.1 Å². The van der Waals surface area contributed by atoms with Gasteiger partial charge in [-0.05, 0) is 54.3 Å². The number of rotatable bonds is 7. The van der Waals surface area contributed by atoms with Crippen LogP contribution in [0.15, 0.2) is 65.2 Å². The zero-order chi connectivity index (χ0) is 24.7. The van der Waals surface area contributed by atoms with Gasteiger partial charge < -0.3 is 14.6 Å². The molecule has 1 amide bonds. The van der Waals surface area contributed by atoms with Crippen LogP contribution in [0.1, 0.15) is 28.2 Å². The Morgan fingerprint density at radius 1 is 1.20 bits per heavy atom. The number of thiazole rings is 1. The highest BCUT2D eigenvalue weighted by Crippen LogP contribution is 2.46.